The average molecular weight is 313 g/mol. The van der Waals surface area contributed by atoms with Crippen LogP contribution in [0.4, 0.5) is 0 Å². The van der Waals surface area contributed by atoms with Crippen molar-refractivity contribution in [2.24, 2.45) is 5.92 Å². The molecular weight excluding hydrogens is 294 g/mol. The molecule has 1 heterocycles. The van der Waals surface area contributed by atoms with E-state index in [1.54, 1.807) is 6.07 Å². The normalized spacial score (nSPS) is 14.1. The third kappa shape index (κ3) is 3.97. The van der Waals surface area contributed by atoms with Crippen molar-refractivity contribution in [3.8, 4) is 11.3 Å². The summed E-state index contributed by atoms with van der Waals surface area (Å²) in [6.45, 7) is 0.635. The predicted molar refractivity (Wildman–Crippen MR) is 84.6 cm³/mol. The van der Waals surface area contributed by atoms with Crippen molar-refractivity contribution >= 4 is 11.8 Å². The van der Waals surface area contributed by atoms with Crippen LogP contribution in [0.25, 0.3) is 11.3 Å². The Kier molecular flexibility index (Phi) is 4.71. The number of benzene rings is 1. The number of nitrogens with zero attached hydrogens (tertiary/aromatic N) is 1. The minimum absolute atomic E-state index is 0.0565. The quantitative estimate of drug-likeness (QED) is 0.854. The van der Waals surface area contributed by atoms with Crippen molar-refractivity contribution in [2.45, 2.75) is 19.3 Å². The van der Waals surface area contributed by atoms with E-state index in [4.69, 9.17) is 4.52 Å². The van der Waals surface area contributed by atoms with E-state index in [-0.39, 0.29) is 18.1 Å². The Labute approximate surface area is 134 Å². The summed E-state index contributed by atoms with van der Waals surface area (Å²) in [6.07, 6.45) is 3.59. The van der Waals surface area contributed by atoms with Crippen LogP contribution in [-0.4, -0.2) is 30.1 Å². The minimum atomic E-state index is -0.422. The number of carbonyl (C=O) groups is 2. The van der Waals surface area contributed by atoms with E-state index in [0.29, 0.717) is 18.2 Å². The molecular formula is C17H19N3O3. The van der Waals surface area contributed by atoms with Gasteiger partial charge in [0.15, 0.2) is 11.5 Å². The first-order valence-corrected chi connectivity index (χ1v) is 7.79. The summed E-state index contributed by atoms with van der Waals surface area (Å²) < 4.78 is 5.17. The van der Waals surface area contributed by atoms with Crippen molar-refractivity contribution < 1.29 is 14.1 Å². The predicted octanol–water partition coefficient (Wildman–Crippen LogP) is 1.99. The average Bonchev–Trinajstić information content (AvgIpc) is 3.02. The standard InChI is InChI=1S/C17H19N3O3/c21-16(18-10-12-5-4-6-12)11-19-17(22)14-9-15(23-20-14)13-7-2-1-3-8-13/h1-3,7-9,12H,4-6,10-11H2,(H,18,21)(H,19,22). The zero-order valence-corrected chi connectivity index (χ0v) is 12.7. The minimum Gasteiger partial charge on any atom is -0.355 e. The summed E-state index contributed by atoms with van der Waals surface area (Å²) in [4.78, 5) is 23.7. The highest BCUT2D eigenvalue weighted by Gasteiger charge is 2.18. The molecule has 2 aromatic rings. The molecule has 3 rings (SSSR count). The number of hydrogen-bond donors (Lipinski definition) is 2. The highest BCUT2D eigenvalue weighted by Crippen LogP contribution is 2.25. The Balaban J connectivity index is 1.48. The Morgan fingerprint density at radius 3 is 2.65 bits per heavy atom. The molecule has 1 aliphatic carbocycles. The third-order valence-corrected chi connectivity index (χ3v) is 4.02. The summed E-state index contributed by atoms with van der Waals surface area (Å²) >= 11 is 0. The van der Waals surface area contributed by atoms with Gasteiger partial charge in [0.2, 0.25) is 5.91 Å². The summed E-state index contributed by atoms with van der Waals surface area (Å²) in [5.74, 6) is 0.510. The van der Waals surface area contributed by atoms with Crippen LogP contribution in [0.3, 0.4) is 0 Å². The van der Waals surface area contributed by atoms with Gasteiger partial charge in [0, 0.05) is 18.2 Å². The van der Waals surface area contributed by atoms with Crippen LogP contribution >= 0.6 is 0 Å². The van der Waals surface area contributed by atoms with E-state index in [9.17, 15) is 9.59 Å². The van der Waals surface area contributed by atoms with Crippen LogP contribution in [0.5, 0.6) is 0 Å². The first-order chi connectivity index (χ1) is 11.2. The molecule has 6 nitrogen and oxygen atoms in total. The van der Waals surface area contributed by atoms with Crippen molar-refractivity contribution in [3.05, 3.63) is 42.1 Å². The molecule has 0 atom stereocenters. The van der Waals surface area contributed by atoms with Crippen LogP contribution in [0.2, 0.25) is 0 Å². The molecule has 1 aromatic carbocycles. The number of carbonyl (C=O) groups excluding carboxylic acids is 2. The van der Waals surface area contributed by atoms with Gasteiger partial charge in [0.25, 0.3) is 5.91 Å². The number of rotatable bonds is 6. The van der Waals surface area contributed by atoms with Gasteiger partial charge >= 0.3 is 0 Å². The summed E-state index contributed by atoms with van der Waals surface area (Å²) in [6, 6.07) is 11.0. The molecule has 0 spiro atoms. The monoisotopic (exact) mass is 313 g/mol. The van der Waals surface area contributed by atoms with E-state index in [2.05, 4.69) is 15.8 Å². The first kappa shape index (κ1) is 15.3. The van der Waals surface area contributed by atoms with Gasteiger partial charge in [-0.3, -0.25) is 9.59 Å². The summed E-state index contributed by atoms with van der Waals surface area (Å²) in [5, 5.41) is 9.12. The fourth-order valence-corrected chi connectivity index (χ4v) is 2.39. The molecule has 2 N–H and O–H groups in total. The van der Waals surface area contributed by atoms with Gasteiger partial charge < -0.3 is 15.2 Å². The van der Waals surface area contributed by atoms with E-state index in [0.717, 1.165) is 5.56 Å². The Bertz CT molecular complexity index is 677. The molecule has 0 saturated heterocycles. The molecule has 2 amide bonds. The highest BCUT2D eigenvalue weighted by molar-refractivity contribution is 5.95. The van der Waals surface area contributed by atoms with E-state index in [1.807, 2.05) is 30.3 Å². The van der Waals surface area contributed by atoms with E-state index >= 15 is 0 Å². The van der Waals surface area contributed by atoms with Gasteiger partial charge in [-0.05, 0) is 18.8 Å². The lowest BCUT2D eigenvalue weighted by molar-refractivity contribution is -0.120. The first-order valence-electron chi connectivity index (χ1n) is 7.79. The van der Waals surface area contributed by atoms with Crippen LogP contribution in [0.1, 0.15) is 29.8 Å². The van der Waals surface area contributed by atoms with Crippen LogP contribution in [-0.2, 0) is 4.79 Å². The second-order valence-electron chi connectivity index (χ2n) is 5.73. The number of aromatic nitrogens is 1. The van der Waals surface area contributed by atoms with Crippen molar-refractivity contribution in [1.82, 2.24) is 15.8 Å². The lowest BCUT2D eigenvalue weighted by atomic mass is 9.85. The molecule has 6 heteroatoms. The fourth-order valence-electron chi connectivity index (χ4n) is 2.39. The maximum absolute atomic E-state index is 12.0. The van der Waals surface area contributed by atoms with Gasteiger partial charge in [-0.1, -0.05) is 41.9 Å². The SMILES string of the molecule is O=C(CNC(=O)c1cc(-c2ccccc2)on1)NCC1CCC1. The molecule has 1 aliphatic rings. The maximum atomic E-state index is 12.0. The largest absolute Gasteiger partial charge is 0.355 e. The third-order valence-electron chi connectivity index (χ3n) is 4.02. The molecule has 1 fully saturated rings. The van der Waals surface area contributed by atoms with E-state index < -0.39 is 5.91 Å². The van der Waals surface area contributed by atoms with E-state index in [1.165, 1.54) is 19.3 Å². The molecule has 0 bridgehead atoms. The Morgan fingerprint density at radius 2 is 1.96 bits per heavy atom. The second kappa shape index (κ2) is 7.09. The molecule has 1 saturated carbocycles. The fraction of sp³-hybridized carbons (Fsp3) is 0.353. The van der Waals surface area contributed by atoms with Gasteiger partial charge in [0.1, 0.15) is 0 Å². The molecule has 120 valence electrons. The Morgan fingerprint density at radius 1 is 1.17 bits per heavy atom. The topological polar surface area (TPSA) is 84.2 Å². The van der Waals surface area contributed by atoms with Crippen LogP contribution < -0.4 is 10.6 Å². The number of nitrogens with one attached hydrogen (secondary N) is 2. The highest BCUT2D eigenvalue weighted by atomic mass is 16.5. The van der Waals surface area contributed by atoms with Gasteiger partial charge in [-0.25, -0.2) is 0 Å². The van der Waals surface area contributed by atoms with Gasteiger partial charge in [-0.2, -0.15) is 0 Å². The van der Waals surface area contributed by atoms with Crippen LogP contribution in [0.15, 0.2) is 40.9 Å². The lowest BCUT2D eigenvalue weighted by Gasteiger charge is -2.25. The van der Waals surface area contributed by atoms with Crippen LogP contribution in [0, 0.1) is 5.92 Å². The number of hydrogen-bond acceptors (Lipinski definition) is 4. The lowest BCUT2D eigenvalue weighted by Crippen LogP contribution is -2.39. The molecule has 0 aliphatic heterocycles. The molecule has 1 aromatic heterocycles. The van der Waals surface area contributed by atoms with Crippen molar-refractivity contribution in [3.63, 3.8) is 0 Å². The zero-order valence-electron chi connectivity index (χ0n) is 12.7. The molecule has 23 heavy (non-hydrogen) atoms. The van der Waals surface area contributed by atoms with Gasteiger partial charge in [0.05, 0.1) is 6.54 Å². The van der Waals surface area contributed by atoms with Crippen molar-refractivity contribution in [1.29, 1.82) is 0 Å². The smallest absolute Gasteiger partial charge is 0.273 e. The zero-order chi connectivity index (χ0) is 16.1. The molecule has 0 radical (unpaired) electrons. The summed E-state index contributed by atoms with van der Waals surface area (Å²) in [5.41, 5.74) is 1.01. The molecule has 0 unspecified atom stereocenters. The van der Waals surface area contributed by atoms with Crippen molar-refractivity contribution in [2.75, 3.05) is 13.1 Å². The second-order valence-corrected chi connectivity index (χ2v) is 5.73. The Hall–Kier alpha value is -2.63. The maximum Gasteiger partial charge on any atom is 0.273 e. The number of amides is 2. The summed E-state index contributed by atoms with van der Waals surface area (Å²) in [7, 11) is 0. The van der Waals surface area contributed by atoms with Gasteiger partial charge in [-0.15, -0.1) is 0 Å².